The molecule has 4 aromatic carbocycles. The summed E-state index contributed by atoms with van der Waals surface area (Å²) in [6.45, 7) is 7.39. The van der Waals surface area contributed by atoms with Crippen LogP contribution >= 0.6 is 12.4 Å². The van der Waals surface area contributed by atoms with Gasteiger partial charge in [-0.2, -0.15) is 0 Å². The van der Waals surface area contributed by atoms with Crippen LogP contribution < -0.4 is 29.8 Å². The van der Waals surface area contributed by atoms with Crippen LogP contribution in [0.1, 0.15) is 42.4 Å². The number of ether oxygens (including phenoxy) is 6. The molecule has 0 aliphatic rings. The molecule has 0 saturated heterocycles. The summed E-state index contributed by atoms with van der Waals surface area (Å²) in [6.07, 6.45) is -0.636. The van der Waals surface area contributed by atoms with E-state index in [1.54, 1.807) is 69.3 Å². The molecule has 1 amide bonds. The molecule has 5 rings (SSSR count). The number of carbonyl (C=O) groups excluding carboxylic acids is 2. The first-order chi connectivity index (χ1) is 23.9. The lowest BCUT2D eigenvalue weighted by atomic mass is 9.94. The Labute approximate surface area is 302 Å². The second kappa shape index (κ2) is 15.9. The molecular weight excluding hydrogens is 676 g/mol. The highest BCUT2D eigenvalue weighted by Crippen LogP contribution is 2.43. The number of fused-ring (bicyclic) bond motifs is 1. The number of halogens is 1. The smallest absolute Gasteiger partial charge is 0.412 e. The van der Waals surface area contributed by atoms with Crippen molar-refractivity contribution in [1.29, 1.82) is 0 Å². The third-order valence-corrected chi connectivity index (χ3v) is 7.88. The molecule has 1 heterocycles. The molecule has 0 saturated carbocycles. The number of aromatic nitrogens is 1. The minimum absolute atomic E-state index is 0. The van der Waals surface area contributed by atoms with E-state index in [1.807, 2.05) is 37.3 Å². The average molecular weight is 717 g/mol. The van der Waals surface area contributed by atoms with Crippen LogP contribution in [0.3, 0.4) is 0 Å². The minimum atomic E-state index is -0.778. The number of methoxy groups -OCH3 is 4. The predicted octanol–water partition coefficient (Wildman–Crippen LogP) is 8.13. The van der Waals surface area contributed by atoms with E-state index in [0.29, 0.717) is 50.9 Å². The maximum atomic E-state index is 14.7. The Hall–Kier alpha value is -5.68. The number of nitrogens with zero attached hydrogens (tertiary/aromatic N) is 1. The van der Waals surface area contributed by atoms with E-state index in [2.05, 4.69) is 5.32 Å². The lowest BCUT2D eigenvalue weighted by Gasteiger charge is -2.22. The van der Waals surface area contributed by atoms with Gasteiger partial charge >= 0.3 is 12.1 Å². The first-order valence-electron chi connectivity index (χ1n) is 15.8. The molecule has 0 bridgehead atoms. The lowest BCUT2D eigenvalue weighted by Crippen LogP contribution is -2.28. The molecule has 0 atom stereocenters. The van der Waals surface area contributed by atoms with Crippen LogP contribution in [0.15, 0.2) is 83.7 Å². The summed E-state index contributed by atoms with van der Waals surface area (Å²) < 4.78 is 35.4. The second-order valence-corrected chi connectivity index (χ2v) is 12.4. The maximum absolute atomic E-state index is 14.7. The van der Waals surface area contributed by atoms with Crippen molar-refractivity contribution < 1.29 is 38.0 Å². The highest BCUT2D eigenvalue weighted by Gasteiger charge is 2.29. The van der Waals surface area contributed by atoms with Gasteiger partial charge in [-0.25, -0.2) is 9.59 Å². The van der Waals surface area contributed by atoms with Crippen molar-refractivity contribution in [2.75, 3.05) is 33.8 Å². The van der Waals surface area contributed by atoms with Crippen LogP contribution in [0, 0.1) is 6.92 Å². The number of nitrogens with one attached hydrogen (secondary N) is 1. The van der Waals surface area contributed by atoms with E-state index >= 15 is 0 Å². The molecule has 51 heavy (non-hydrogen) atoms. The summed E-state index contributed by atoms with van der Waals surface area (Å²) in [6, 6.07) is 22.9. The molecular formula is C39H41ClN2O9. The molecule has 0 unspecified atom stereocenters. The van der Waals surface area contributed by atoms with E-state index in [0.717, 1.165) is 11.1 Å². The van der Waals surface area contributed by atoms with E-state index < -0.39 is 23.2 Å². The molecule has 0 radical (unpaired) electrons. The number of hydrogen-bond acceptors (Lipinski definition) is 9. The summed E-state index contributed by atoms with van der Waals surface area (Å²) in [5, 5.41) is 3.26. The number of hydrogen-bond donors (Lipinski definition) is 1. The predicted molar refractivity (Wildman–Crippen MR) is 199 cm³/mol. The third kappa shape index (κ3) is 8.21. The summed E-state index contributed by atoms with van der Waals surface area (Å²) in [5.41, 5.74) is 1.97. The van der Waals surface area contributed by atoms with Gasteiger partial charge in [0.2, 0.25) is 0 Å². The van der Waals surface area contributed by atoms with Gasteiger partial charge in [0.25, 0.3) is 5.56 Å². The summed E-state index contributed by atoms with van der Waals surface area (Å²) in [5.74, 6) is 0.903. The molecule has 5 aromatic rings. The number of esters is 1. The fourth-order valence-corrected chi connectivity index (χ4v) is 5.62. The molecule has 0 aliphatic carbocycles. The topological polar surface area (TPSA) is 124 Å². The molecule has 0 fully saturated rings. The van der Waals surface area contributed by atoms with Crippen molar-refractivity contribution in [3.63, 3.8) is 0 Å². The fourth-order valence-electron chi connectivity index (χ4n) is 5.62. The van der Waals surface area contributed by atoms with Crippen molar-refractivity contribution in [3.05, 3.63) is 106 Å². The molecule has 1 N–H and O–H groups in total. The van der Waals surface area contributed by atoms with E-state index in [-0.39, 0.29) is 30.1 Å². The number of amides is 1. The zero-order valence-electron chi connectivity index (χ0n) is 29.7. The molecule has 12 heteroatoms. The van der Waals surface area contributed by atoms with Crippen LogP contribution in [0.25, 0.3) is 27.6 Å². The highest BCUT2D eigenvalue weighted by molar-refractivity contribution is 6.10. The lowest BCUT2D eigenvalue weighted by molar-refractivity contribution is 0.0589. The zero-order chi connectivity index (χ0) is 36.2. The maximum Gasteiger partial charge on any atom is 0.412 e. The number of anilines is 1. The molecule has 0 aliphatic heterocycles. The van der Waals surface area contributed by atoms with Crippen LogP contribution in [0.2, 0.25) is 0 Å². The van der Waals surface area contributed by atoms with Crippen LogP contribution in [-0.2, 0) is 16.1 Å². The standard InChI is InChI=1S/C39H40N2O9.ClH/c1-23-30(45-5)18-25(19-31(23)46-6)33-34-29(20-28(21-32(34)47-7)49-22-24-12-10-9-11-13-24)36(42)41(35(33)37(43)48-8)27-16-14-26(15-17-27)40-38(44)50-39(2,3)4;/h9-21H,22H2,1-8H3,(H,40,44);1H. The van der Waals surface area contributed by atoms with Crippen LogP contribution in [0.5, 0.6) is 23.0 Å². The van der Waals surface area contributed by atoms with Gasteiger partial charge in [-0.15, -0.1) is 12.4 Å². The first kappa shape index (κ1) is 38.1. The number of benzene rings is 4. The number of pyridine rings is 1. The van der Waals surface area contributed by atoms with Crippen molar-refractivity contribution in [1.82, 2.24) is 4.57 Å². The Morgan fingerprint density at radius 2 is 1.41 bits per heavy atom. The molecule has 268 valence electrons. The Bertz CT molecular complexity index is 2080. The summed E-state index contributed by atoms with van der Waals surface area (Å²) >= 11 is 0. The fraction of sp³-hybridized carbons (Fsp3) is 0.256. The molecule has 1 aromatic heterocycles. The average Bonchev–Trinajstić information content (AvgIpc) is 3.10. The Morgan fingerprint density at radius 3 is 1.96 bits per heavy atom. The SMILES string of the molecule is COC(=O)c1c(-c2cc(OC)c(C)c(OC)c2)c2c(OC)cc(OCc3ccccc3)cc2c(=O)n1-c1ccc(NC(=O)OC(C)(C)C)cc1.Cl. The van der Waals surface area contributed by atoms with Crippen molar-refractivity contribution >= 4 is 40.9 Å². The van der Waals surface area contributed by atoms with Gasteiger partial charge in [0.1, 0.15) is 40.9 Å². The van der Waals surface area contributed by atoms with Crippen molar-refractivity contribution in [2.24, 2.45) is 0 Å². The van der Waals surface area contributed by atoms with Gasteiger partial charge in [0, 0.05) is 34.0 Å². The van der Waals surface area contributed by atoms with Crippen molar-refractivity contribution in [3.8, 4) is 39.8 Å². The van der Waals surface area contributed by atoms with Gasteiger partial charge in [-0.3, -0.25) is 14.7 Å². The third-order valence-electron chi connectivity index (χ3n) is 7.88. The Balaban J connectivity index is 0.00000583. The van der Waals surface area contributed by atoms with Crippen molar-refractivity contribution in [2.45, 2.75) is 39.9 Å². The molecule has 11 nitrogen and oxygen atoms in total. The Morgan fingerprint density at radius 1 is 0.804 bits per heavy atom. The number of rotatable bonds is 10. The van der Waals surface area contributed by atoms with Crippen LogP contribution in [0.4, 0.5) is 10.5 Å². The highest BCUT2D eigenvalue weighted by atomic mass is 35.5. The normalized spacial score (nSPS) is 10.9. The van der Waals surface area contributed by atoms with E-state index in [4.69, 9.17) is 28.4 Å². The van der Waals surface area contributed by atoms with Crippen LogP contribution in [-0.4, -0.2) is 50.7 Å². The quantitative estimate of drug-likeness (QED) is 0.143. The minimum Gasteiger partial charge on any atom is -0.496 e. The van der Waals surface area contributed by atoms with Gasteiger partial charge in [-0.1, -0.05) is 30.3 Å². The monoisotopic (exact) mass is 716 g/mol. The van der Waals surface area contributed by atoms with E-state index in [1.165, 1.54) is 33.0 Å². The largest absolute Gasteiger partial charge is 0.496 e. The second-order valence-electron chi connectivity index (χ2n) is 12.4. The van der Waals surface area contributed by atoms with E-state index in [9.17, 15) is 14.4 Å². The van der Waals surface area contributed by atoms with Gasteiger partial charge in [0.05, 0.1) is 33.8 Å². The van der Waals surface area contributed by atoms with Gasteiger partial charge in [-0.05, 0) is 81.3 Å². The molecule has 0 spiro atoms. The van der Waals surface area contributed by atoms with Gasteiger partial charge < -0.3 is 28.4 Å². The zero-order valence-corrected chi connectivity index (χ0v) is 30.6. The number of carbonyl (C=O) groups is 2. The Kier molecular flexibility index (Phi) is 11.9. The van der Waals surface area contributed by atoms with Gasteiger partial charge in [0.15, 0.2) is 0 Å². The first-order valence-corrected chi connectivity index (χ1v) is 15.8. The summed E-state index contributed by atoms with van der Waals surface area (Å²) in [4.78, 5) is 41.0. The summed E-state index contributed by atoms with van der Waals surface area (Å²) in [7, 11) is 5.80.